The van der Waals surface area contributed by atoms with E-state index in [-0.39, 0.29) is 5.41 Å². The zero-order chi connectivity index (χ0) is 9.64. The summed E-state index contributed by atoms with van der Waals surface area (Å²) in [6.45, 7) is 4.13. The van der Waals surface area contributed by atoms with Gasteiger partial charge in [0.05, 0.1) is 6.10 Å². The van der Waals surface area contributed by atoms with Gasteiger partial charge in [-0.15, -0.1) is 0 Å². The van der Waals surface area contributed by atoms with Gasteiger partial charge in [0.2, 0.25) is 0 Å². The Hall–Kier alpha value is -0.530. The summed E-state index contributed by atoms with van der Waals surface area (Å²) < 4.78 is 0. The van der Waals surface area contributed by atoms with E-state index in [0.717, 1.165) is 12.0 Å². The molecular weight excluding hydrogens is 184 g/mol. The molecule has 1 aromatic carbocycles. The van der Waals surface area contributed by atoms with Crippen LogP contribution in [0.25, 0.3) is 0 Å². The van der Waals surface area contributed by atoms with E-state index in [1.54, 1.807) is 0 Å². The van der Waals surface area contributed by atoms with Crippen molar-refractivity contribution in [2.45, 2.75) is 26.4 Å². The molecule has 1 nitrogen and oxygen atoms in total. The van der Waals surface area contributed by atoms with E-state index in [1.807, 2.05) is 18.2 Å². The lowest BCUT2D eigenvalue weighted by molar-refractivity contribution is 0.0666. The average molecular weight is 197 g/mol. The van der Waals surface area contributed by atoms with Gasteiger partial charge in [-0.2, -0.15) is 0 Å². The molecule has 1 atom stereocenters. The molecule has 1 N–H and O–H groups in total. The Morgan fingerprint density at radius 1 is 1.46 bits per heavy atom. The molecule has 2 rings (SSSR count). The van der Waals surface area contributed by atoms with Crippen LogP contribution >= 0.6 is 11.6 Å². The van der Waals surface area contributed by atoms with Crippen LogP contribution in [0.3, 0.4) is 0 Å². The summed E-state index contributed by atoms with van der Waals surface area (Å²) in [4.78, 5) is 0. The van der Waals surface area contributed by atoms with Crippen molar-refractivity contribution < 1.29 is 5.11 Å². The maximum atomic E-state index is 10.0. The number of aliphatic hydroxyl groups is 1. The fourth-order valence-electron chi connectivity index (χ4n) is 2.02. The molecule has 2 heteroatoms. The minimum absolute atomic E-state index is 0.0761. The van der Waals surface area contributed by atoms with Crippen LogP contribution in [-0.4, -0.2) is 5.11 Å². The Morgan fingerprint density at radius 2 is 2.15 bits per heavy atom. The number of fused-ring (bicyclic) bond motifs is 1. The summed E-state index contributed by atoms with van der Waals surface area (Å²) in [6, 6.07) is 5.82. The van der Waals surface area contributed by atoms with E-state index in [0.29, 0.717) is 5.02 Å². The first-order valence-corrected chi connectivity index (χ1v) is 4.85. The molecular formula is C11H13ClO. The fraction of sp³-hybridized carbons (Fsp3) is 0.455. The molecule has 0 spiro atoms. The lowest BCUT2D eigenvalue weighted by Gasteiger charge is -2.22. The molecule has 0 saturated carbocycles. The van der Waals surface area contributed by atoms with Gasteiger partial charge in [-0.05, 0) is 23.5 Å². The third kappa shape index (κ3) is 1.27. The summed E-state index contributed by atoms with van der Waals surface area (Å²) in [6.07, 6.45) is 0.487. The second-order valence-electron chi connectivity index (χ2n) is 4.38. The fourth-order valence-corrected chi connectivity index (χ4v) is 2.32. The highest BCUT2D eigenvalue weighted by Gasteiger charge is 2.38. The van der Waals surface area contributed by atoms with E-state index in [4.69, 9.17) is 11.6 Å². The Bertz CT molecular complexity index is 344. The molecule has 0 amide bonds. The van der Waals surface area contributed by atoms with Gasteiger partial charge >= 0.3 is 0 Å². The number of halogens is 1. The molecule has 13 heavy (non-hydrogen) atoms. The number of aliphatic hydroxyl groups excluding tert-OH is 1. The molecule has 1 aliphatic rings. The first kappa shape index (κ1) is 9.04. The molecule has 0 bridgehead atoms. The summed E-state index contributed by atoms with van der Waals surface area (Å²) in [5, 5.41) is 10.7. The second-order valence-corrected chi connectivity index (χ2v) is 4.79. The number of rotatable bonds is 0. The van der Waals surface area contributed by atoms with Crippen molar-refractivity contribution in [3.63, 3.8) is 0 Å². The van der Waals surface area contributed by atoms with Crippen molar-refractivity contribution in [2.75, 3.05) is 0 Å². The zero-order valence-corrected chi connectivity index (χ0v) is 8.60. The first-order valence-electron chi connectivity index (χ1n) is 4.48. The van der Waals surface area contributed by atoms with E-state index in [9.17, 15) is 5.11 Å². The van der Waals surface area contributed by atoms with E-state index in [1.165, 1.54) is 5.56 Å². The monoisotopic (exact) mass is 196 g/mol. The summed E-state index contributed by atoms with van der Waals surface area (Å²) in [5.41, 5.74) is 2.03. The maximum Gasteiger partial charge on any atom is 0.0861 e. The van der Waals surface area contributed by atoms with Gasteiger partial charge in [-0.1, -0.05) is 37.6 Å². The van der Waals surface area contributed by atoms with Crippen LogP contribution < -0.4 is 0 Å². The predicted molar refractivity (Wildman–Crippen MR) is 53.9 cm³/mol. The predicted octanol–water partition coefficient (Wildman–Crippen LogP) is 2.96. The van der Waals surface area contributed by atoms with Crippen LogP contribution in [0.15, 0.2) is 18.2 Å². The minimum atomic E-state index is -0.420. The van der Waals surface area contributed by atoms with E-state index >= 15 is 0 Å². The Balaban J connectivity index is 2.57. The van der Waals surface area contributed by atoms with Crippen molar-refractivity contribution in [1.82, 2.24) is 0 Å². The minimum Gasteiger partial charge on any atom is -0.388 e. The molecule has 1 aromatic rings. The average Bonchev–Trinajstić information content (AvgIpc) is 2.24. The van der Waals surface area contributed by atoms with Gasteiger partial charge in [0.15, 0.2) is 0 Å². The smallest absolute Gasteiger partial charge is 0.0861 e. The quantitative estimate of drug-likeness (QED) is 0.677. The van der Waals surface area contributed by atoms with Crippen molar-refractivity contribution in [2.24, 2.45) is 5.41 Å². The Kier molecular flexibility index (Phi) is 1.90. The lowest BCUT2D eigenvalue weighted by Crippen LogP contribution is -2.16. The highest BCUT2D eigenvalue weighted by atomic mass is 35.5. The lowest BCUT2D eigenvalue weighted by atomic mass is 9.87. The van der Waals surface area contributed by atoms with Crippen LogP contribution in [-0.2, 0) is 6.42 Å². The molecule has 0 fully saturated rings. The van der Waals surface area contributed by atoms with Gasteiger partial charge in [-0.25, -0.2) is 0 Å². The number of benzene rings is 1. The van der Waals surface area contributed by atoms with Gasteiger partial charge in [0, 0.05) is 10.6 Å². The Morgan fingerprint density at radius 3 is 2.77 bits per heavy atom. The SMILES string of the molecule is CC1(C)Cc2cccc(Cl)c2C1O. The number of hydrogen-bond acceptors (Lipinski definition) is 1. The number of hydrogen-bond donors (Lipinski definition) is 1. The molecule has 70 valence electrons. The molecule has 0 aromatic heterocycles. The molecule has 0 aliphatic heterocycles. The standard InChI is InChI=1S/C11H13ClO/c1-11(2)6-7-4-3-5-8(12)9(7)10(11)13/h3-5,10,13H,6H2,1-2H3. The molecule has 1 unspecified atom stereocenters. The van der Waals surface area contributed by atoms with E-state index < -0.39 is 6.10 Å². The van der Waals surface area contributed by atoms with Crippen molar-refractivity contribution in [3.05, 3.63) is 34.3 Å². The van der Waals surface area contributed by atoms with Crippen LogP contribution in [0.1, 0.15) is 31.1 Å². The first-order chi connectivity index (χ1) is 6.02. The highest BCUT2D eigenvalue weighted by Crippen LogP contribution is 2.47. The summed E-state index contributed by atoms with van der Waals surface area (Å²) in [7, 11) is 0. The van der Waals surface area contributed by atoms with Gasteiger partial charge in [0.1, 0.15) is 0 Å². The summed E-state index contributed by atoms with van der Waals surface area (Å²) in [5.74, 6) is 0. The highest BCUT2D eigenvalue weighted by molar-refractivity contribution is 6.31. The van der Waals surface area contributed by atoms with Crippen molar-refractivity contribution in [3.8, 4) is 0 Å². The van der Waals surface area contributed by atoms with Crippen LogP contribution in [0, 0.1) is 5.41 Å². The van der Waals surface area contributed by atoms with Crippen LogP contribution in [0.4, 0.5) is 0 Å². The normalized spacial score (nSPS) is 24.5. The molecule has 0 saturated heterocycles. The van der Waals surface area contributed by atoms with Crippen molar-refractivity contribution in [1.29, 1.82) is 0 Å². The van der Waals surface area contributed by atoms with Crippen LogP contribution in [0.5, 0.6) is 0 Å². The summed E-state index contributed by atoms with van der Waals surface area (Å²) >= 11 is 6.03. The third-order valence-corrected chi connectivity index (χ3v) is 3.13. The molecule has 0 radical (unpaired) electrons. The van der Waals surface area contributed by atoms with E-state index in [2.05, 4.69) is 13.8 Å². The maximum absolute atomic E-state index is 10.0. The van der Waals surface area contributed by atoms with Gasteiger partial charge in [0.25, 0.3) is 0 Å². The third-order valence-electron chi connectivity index (χ3n) is 2.80. The van der Waals surface area contributed by atoms with Gasteiger partial charge in [-0.3, -0.25) is 0 Å². The van der Waals surface area contributed by atoms with Crippen molar-refractivity contribution >= 4 is 11.6 Å². The second kappa shape index (κ2) is 2.73. The topological polar surface area (TPSA) is 20.2 Å². The zero-order valence-electron chi connectivity index (χ0n) is 7.84. The Labute approximate surface area is 83.3 Å². The molecule has 1 aliphatic carbocycles. The van der Waals surface area contributed by atoms with Gasteiger partial charge < -0.3 is 5.11 Å². The molecule has 0 heterocycles. The van der Waals surface area contributed by atoms with Crippen LogP contribution in [0.2, 0.25) is 5.02 Å². The largest absolute Gasteiger partial charge is 0.388 e.